The van der Waals surface area contributed by atoms with E-state index in [1.165, 1.54) is 0 Å². The minimum atomic E-state index is 0. The maximum atomic E-state index is 5.87. The summed E-state index contributed by atoms with van der Waals surface area (Å²) in [7, 11) is 0. The molecule has 2 rings (SSSR count). The van der Waals surface area contributed by atoms with Crippen LogP contribution in [-0.4, -0.2) is 4.98 Å². The lowest BCUT2D eigenvalue weighted by Gasteiger charge is -2.10. The van der Waals surface area contributed by atoms with Gasteiger partial charge in [0.25, 0.3) is 0 Å². The Balaban J connectivity index is 0.00000162. The van der Waals surface area contributed by atoms with Crippen molar-refractivity contribution in [2.45, 2.75) is 13.5 Å². The molecule has 96 valence electrons. The van der Waals surface area contributed by atoms with Crippen LogP contribution in [0.2, 0.25) is 5.15 Å². The molecule has 1 aromatic carbocycles. The van der Waals surface area contributed by atoms with Crippen molar-refractivity contribution in [2.24, 2.45) is 0 Å². The van der Waals surface area contributed by atoms with E-state index in [4.69, 9.17) is 22.1 Å². The third kappa shape index (κ3) is 3.52. The molecule has 0 radical (unpaired) electrons. The molecule has 5 heteroatoms. The van der Waals surface area contributed by atoms with E-state index in [2.05, 4.69) is 4.98 Å². The van der Waals surface area contributed by atoms with Crippen LogP contribution in [0, 0.1) is 6.92 Å². The number of rotatable bonds is 3. The SMILES string of the molecule is Cc1nc(Cl)cc(OCc2ccccc2)c1N.Cl. The van der Waals surface area contributed by atoms with Crippen LogP contribution in [0.4, 0.5) is 5.69 Å². The van der Waals surface area contributed by atoms with Crippen molar-refractivity contribution in [1.29, 1.82) is 0 Å². The number of hydrogen-bond acceptors (Lipinski definition) is 3. The number of pyridine rings is 1. The van der Waals surface area contributed by atoms with Crippen molar-refractivity contribution in [3.8, 4) is 5.75 Å². The van der Waals surface area contributed by atoms with Gasteiger partial charge in [0, 0.05) is 6.07 Å². The predicted octanol–water partition coefficient (Wildman–Crippen LogP) is 3.63. The Kier molecular flexibility index (Phi) is 5.25. The van der Waals surface area contributed by atoms with Crippen molar-refractivity contribution in [2.75, 3.05) is 5.73 Å². The Bertz CT molecular complexity index is 518. The first kappa shape index (κ1) is 14.6. The third-order valence-corrected chi connectivity index (χ3v) is 2.61. The van der Waals surface area contributed by atoms with Crippen LogP contribution in [0.3, 0.4) is 0 Å². The summed E-state index contributed by atoms with van der Waals surface area (Å²) >= 11 is 5.86. The molecule has 18 heavy (non-hydrogen) atoms. The molecule has 0 atom stereocenters. The Morgan fingerprint density at radius 3 is 2.61 bits per heavy atom. The average Bonchev–Trinajstić information content (AvgIpc) is 2.33. The zero-order valence-corrected chi connectivity index (χ0v) is 11.5. The lowest BCUT2D eigenvalue weighted by molar-refractivity contribution is 0.307. The van der Waals surface area contributed by atoms with Crippen LogP contribution in [0.1, 0.15) is 11.3 Å². The molecule has 0 spiro atoms. The van der Waals surface area contributed by atoms with Gasteiger partial charge in [0.2, 0.25) is 0 Å². The first-order valence-electron chi connectivity index (χ1n) is 5.26. The smallest absolute Gasteiger partial charge is 0.147 e. The first-order valence-corrected chi connectivity index (χ1v) is 5.64. The lowest BCUT2D eigenvalue weighted by Crippen LogP contribution is -2.01. The van der Waals surface area contributed by atoms with Crippen LogP contribution >= 0.6 is 24.0 Å². The van der Waals surface area contributed by atoms with Gasteiger partial charge in [-0.25, -0.2) is 4.98 Å². The van der Waals surface area contributed by atoms with Gasteiger partial charge >= 0.3 is 0 Å². The van der Waals surface area contributed by atoms with Crippen LogP contribution in [0.25, 0.3) is 0 Å². The van der Waals surface area contributed by atoms with Crippen LogP contribution in [0.15, 0.2) is 36.4 Å². The summed E-state index contributed by atoms with van der Waals surface area (Å²) in [6.07, 6.45) is 0. The van der Waals surface area contributed by atoms with Crippen molar-refractivity contribution < 1.29 is 4.74 Å². The predicted molar refractivity (Wildman–Crippen MR) is 76.4 cm³/mol. The minimum absolute atomic E-state index is 0. The van der Waals surface area contributed by atoms with E-state index in [0.717, 1.165) is 5.56 Å². The highest BCUT2D eigenvalue weighted by Gasteiger charge is 2.07. The van der Waals surface area contributed by atoms with Gasteiger partial charge in [-0.1, -0.05) is 41.9 Å². The van der Waals surface area contributed by atoms with Crippen molar-refractivity contribution in [3.05, 3.63) is 52.8 Å². The van der Waals surface area contributed by atoms with Gasteiger partial charge < -0.3 is 10.5 Å². The minimum Gasteiger partial charge on any atom is -0.487 e. The van der Waals surface area contributed by atoms with Crippen molar-refractivity contribution in [3.63, 3.8) is 0 Å². The van der Waals surface area contributed by atoms with E-state index in [9.17, 15) is 0 Å². The standard InChI is InChI=1S/C13H13ClN2O.ClH/c1-9-13(15)11(7-12(14)16-9)17-8-10-5-3-2-4-6-10;/h2-7H,8,15H2,1H3;1H. The Labute approximate surface area is 117 Å². The van der Waals surface area contributed by atoms with E-state index in [1.807, 2.05) is 30.3 Å². The molecule has 0 unspecified atom stereocenters. The Hall–Kier alpha value is -1.45. The molecule has 0 aliphatic carbocycles. The monoisotopic (exact) mass is 284 g/mol. The number of nitrogens with two attached hydrogens (primary N) is 1. The van der Waals surface area contributed by atoms with Gasteiger partial charge in [-0.15, -0.1) is 12.4 Å². The zero-order chi connectivity index (χ0) is 12.3. The van der Waals surface area contributed by atoms with Gasteiger partial charge in [-0.2, -0.15) is 0 Å². The topological polar surface area (TPSA) is 48.1 Å². The molecule has 0 aliphatic heterocycles. The number of nitrogens with zero attached hydrogens (tertiary/aromatic N) is 1. The molecule has 0 fully saturated rings. The molecule has 3 nitrogen and oxygen atoms in total. The summed E-state index contributed by atoms with van der Waals surface area (Å²) in [6, 6.07) is 11.5. The third-order valence-electron chi connectivity index (χ3n) is 2.42. The largest absolute Gasteiger partial charge is 0.487 e. The highest BCUT2D eigenvalue weighted by molar-refractivity contribution is 6.29. The second-order valence-corrected chi connectivity index (χ2v) is 4.10. The van der Waals surface area contributed by atoms with Crippen LogP contribution in [0.5, 0.6) is 5.75 Å². The molecule has 0 saturated carbocycles. The lowest BCUT2D eigenvalue weighted by atomic mass is 10.2. The number of ether oxygens (including phenoxy) is 1. The molecular weight excluding hydrogens is 271 g/mol. The number of anilines is 1. The van der Waals surface area contributed by atoms with E-state index in [1.54, 1.807) is 13.0 Å². The highest BCUT2D eigenvalue weighted by atomic mass is 35.5. The summed E-state index contributed by atoms with van der Waals surface area (Å²) < 4.78 is 5.64. The van der Waals surface area contributed by atoms with Gasteiger partial charge in [0.05, 0.1) is 11.4 Å². The normalized spacial score (nSPS) is 9.67. The van der Waals surface area contributed by atoms with E-state index < -0.39 is 0 Å². The summed E-state index contributed by atoms with van der Waals surface area (Å²) in [5.74, 6) is 0.575. The van der Waals surface area contributed by atoms with Crippen molar-refractivity contribution >= 4 is 29.7 Å². The Morgan fingerprint density at radius 1 is 1.28 bits per heavy atom. The summed E-state index contributed by atoms with van der Waals surface area (Å²) in [5, 5.41) is 0.389. The molecule has 0 amide bonds. The number of hydrogen-bond donors (Lipinski definition) is 1. The van der Waals surface area contributed by atoms with Crippen LogP contribution in [-0.2, 0) is 6.61 Å². The Morgan fingerprint density at radius 2 is 1.94 bits per heavy atom. The number of benzene rings is 1. The second kappa shape index (κ2) is 6.47. The molecule has 0 saturated heterocycles. The molecule has 1 aromatic heterocycles. The molecule has 2 aromatic rings. The molecule has 0 aliphatic rings. The van der Waals surface area contributed by atoms with Crippen molar-refractivity contribution in [1.82, 2.24) is 4.98 Å². The molecular formula is C13H14Cl2N2O. The number of aromatic nitrogens is 1. The van der Waals surface area contributed by atoms with Gasteiger partial charge in [0.1, 0.15) is 17.5 Å². The second-order valence-electron chi connectivity index (χ2n) is 3.72. The van der Waals surface area contributed by atoms with E-state index >= 15 is 0 Å². The molecule has 1 heterocycles. The summed E-state index contributed by atoms with van der Waals surface area (Å²) in [4.78, 5) is 4.05. The van der Waals surface area contributed by atoms with E-state index in [0.29, 0.717) is 28.9 Å². The fraction of sp³-hybridized carbons (Fsp3) is 0.154. The fourth-order valence-corrected chi connectivity index (χ4v) is 1.70. The van der Waals surface area contributed by atoms with Gasteiger partial charge in [-0.05, 0) is 12.5 Å². The average molecular weight is 285 g/mol. The number of aryl methyl sites for hydroxylation is 1. The van der Waals surface area contributed by atoms with Crippen LogP contribution < -0.4 is 10.5 Å². The summed E-state index contributed by atoms with van der Waals surface area (Å²) in [6.45, 7) is 2.27. The van der Waals surface area contributed by atoms with E-state index in [-0.39, 0.29) is 12.4 Å². The maximum absolute atomic E-state index is 5.87. The first-order chi connectivity index (χ1) is 8.16. The number of nitrogen functional groups attached to an aromatic ring is 1. The fourth-order valence-electron chi connectivity index (χ4n) is 1.47. The zero-order valence-electron chi connectivity index (χ0n) is 9.89. The van der Waals surface area contributed by atoms with Gasteiger partial charge in [-0.3, -0.25) is 0 Å². The number of halogens is 2. The summed E-state index contributed by atoms with van der Waals surface area (Å²) in [5.41, 5.74) is 8.16. The quantitative estimate of drug-likeness (QED) is 0.876. The molecule has 0 bridgehead atoms. The molecule has 2 N–H and O–H groups in total. The highest BCUT2D eigenvalue weighted by Crippen LogP contribution is 2.27. The maximum Gasteiger partial charge on any atom is 0.147 e. The van der Waals surface area contributed by atoms with Gasteiger partial charge in [0.15, 0.2) is 0 Å².